The molecule has 2 heterocycles. The quantitative estimate of drug-likeness (QED) is 0.807. The molecule has 7 heteroatoms. The molecule has 2 aliphatic rings. The van der Waals surface area contributed by atoms with Gasteiger partial charge in [-0.25, -0.2) is 0 Å². The van der Waals surface area contributed by atoms with Crippen molar-refractivity contribution in [2.45, 2.75) is 38.6 Å². The molecule has 0 aliphatic carbocycles. The maximum absolute atomic E-state index is 12.2. The highest BCUT2D eigenvalue weighted by molar-refractivity contribution is 7.87. The molecular formula is C11H24ClN3O2S. The number of piperidine rings is 2. The molecule has 2 atom stereocenters. The molecule has 0 bridgehead atoms. The Bertz CT molecular complexity index is 344. The fraction of sp³-hybridized carbons (Fsp3) is 1.00. The lowest BCUT2D eigenvalue weighted by molar-refractivity contribution is 0.274. The van der Waals surface area contributed by atoms with Gasteiger partial charge < -0.3 is 5.32 Å². The van der Waals surface area contributed by atoms with E-state index in [-0.39, 0.29) is 18.4 Å². The third-order valence-corrected chi connectivity index (χ3v) is 5.21. The van der Waals surface area contributed by atoms with Crippen molar-refractivity contribution in [3.63, 3.8) is 0 Å². The van der Waals surface area contributed by atoms with Crippen LogP contribution < -0.4 is 10.0 Å². The van der Waals surface area contributed by atoms with E-state index in [2.05, 4.69) is 17.0 Å². The first kappa shape index (κ1) is 16.2. The van der Waals surface area contributed by atoms with Crippen LogP contribution in [0, 0.1) is 5.92 Å². The van der Waals surface area contributed by atoms with Crippen molar-refractivity contribution in [1.82, 2.24) is 14.3 Å². The van der Waals surface area contributed by atoms with Gasteiger partial charge in [-0.1, -0.05) is 6.92 Å². The number of rotatable bonds is 3. The van der Waals surface area contributed by atoms with Crippen LogP contribution in [-0.2, 0) is 10.2 Å². The average molecular weight is 298 g/mol. The molecule has 2 aliphatic heterocycles. The summed E-state index contributed by atoms with van der Waals surface area (Å²) in [6.07, 6.45) is 4.10. The Morgan fingerprint density at radius 2 is 2.06 bits per heavy atom. The molecule has 0 aromatic rings. The van der Waals surface area contributed by atoms with Crippen molar-refractivity contribution < 1.29 is 8.42 Å². The summed E-state index contributed by atoms with van der Waals surface area (Å²) < 4.78 is 28.8. The van der Waals surface area contributed by atoms with Crippen molar-refractivity contribution in [2.75, 3.05) is 26.2 Å². The van der Waals surface area contributed by atoms with E-state index in [4.69, 9.17) is 0 Å². The second kappa shape index (κ2) is 7.05. The van der Waals surface area contributed by atoms with Gasteiger partial charge in [-0.15, -0.1) is 12.4 Å². The predicted molar refractivity (Wildman–Crippen MR) is 75.2 cm³/mol. The van der Waals surface area contributed by atoms with Gasteiger partial charge in [0.25, 0.3) is 10.2 Å². The molecule has 0 radical (unpaired) electrons. The zero-order chi connectivity index (χ0) is 12.3. The van der Waals surface area contributed by atoms with Crippen LogP contribution in [0.1, 0.15) is 32.6 Å². The Kier molecular flexibility index (Phi) is 6.34. The molecule has 1 unspecified atom stereocenters. The van der Waals surface area contributed by atoms with Crippen LogP contribution in [0.3, 0.4) is 0 Å². The summed E-state index contributed by atoms with van der Waals surface area (Å²) in [6, 6.07) is 0.0611. The minimum absolute atomic E-state index is 0. The van der Waals surface area contributed by atoms with E-state index < -0.39 is 10.2 Å². The van der Waals surface area contributed by atoms with E-state index in [1.165, 1.54) is 0 Å². The van der Waals surface area contributed by atoms with Crippen molar-refractivity contribution in [1.29, 1.82) is 0 Å². The topological polar surface area (TPSA) is 61.4 Å². The van der Waals surface area contributed by atoms with Crippen molar-refractivity contribution >= 4 is 22.6 Å². The van der Waals surface area contributed by atoms with Crippen LogP contribution in [0.4, 0.5) is 0 Å². The summed E-state index contributed by atoms with van der Waals surface area (Å²) in [4.78, 5) is 0. The standard InChI is InChI=1S/C11H23N3O2S.ClH/c1-10-4-3-7-14(9-10)17(15,16)13-11-5-2-6-12-8-11;/h10-13H,2-9H2,1H3;1H/t10?,11-;/m0./s1. The minimum Gasteiger partial charge on any atom is -0.315 e. The van der Waals surface area contributed by atoms with E-state index in [1.807, 2.05) is 0 Å². The van der Waals surface area contributed by atoms with Crippen molar-refractivity contribution in [3.05, 3.63) is 0 Å². The van der Waals surface area contributed by atoms with E-state index in [9.17, 15) is 8.42 Å². The highest BCUT2D eigenvalue weighted by atomic mass is 35.5. The molecule has 0 spiro atoms. The van der Waals surface area contributed by atoms with Crippen LogP contribution in [0.25, 0.3) is 0 Å². The third-order valence-electron chi connectivity index (χ3n) is 3.57. The zero-order valence-corrected chi connectivity index (χ0v) is 12.5. The lowest BCUT2D eigenvalue weighted by Gasteiger charge is -2.32. The van der Waals surface area contributed by atoms with Gasteiger partial charge >= 0.3 is 0 Å². The van der Waals surface area contributed by atoms with Gasteiger partial charge in [-0.2, -0.15) is 17.4 Å². The smallest absolute Gasteiger partial charge is 0.279 e. The molecule has 0 amide bonds. The molecule has 18 heavy (non-hydrogen) atoms. The number of nitrogens with one attached hydrogen (secondary N) is 2. The minimum atomic E-state index is -3.27. The third kappa shape index (κ3) is 4.35. The predicted octanol–water partition coefficient (Wildman–Crippen LogP) is 0.726. The zero-order valence-electron chi connectivity index (χ0n) is 10.9. The van der Waals surface area contributed by atoms with Gasteiger partial charge in [0.05, 0.1) is 0 Å². The lowest BCUT2D eigenvalue weighted by Crippen LogP contribution is -2.52. The SMILES string of the molecule is CC1CCCN(S(=O)(=O)N[C@H]2CCCNC2)C1.Cl. The number of hydrogen-bond acceptors (Lipinski definition) is 3. The highest BCUT2D eigenvalue weighted by Gasteiger charge is 2.29. The van der Waals surface area contributed by atoms with Crippen molar-refractivity contribution in [3.8, 4) is 0 Å². The van der Waals surface area contributed by atoms with Gasteiger partial charge in [-0.05, 0) is 38.1 Å². The summed E-state index contributed by atoms with van der Waals surface area (Å²) in [7, 11) is -3.27. The summed E-state index contributed by atoms with van der Waals surface area (Å²) in [5.41, 5.74) is 0. The Balaban J connectivity index is 0.00000162. The molecular weight excluding hydrogens is 274 g/mol. The van der Waals surface area contributed by atoms with Gasteiger partial charge in [-0.3, -0.25) is 0 Å². The molecule has 2 saturated heterocycles. The lowest BCUT2D eigenvalue weighted by atomic mass is 10.0. The molecule has 0 saturated carbocycles. The summed E-state index contributed by atoms with van der Waals surface area (Å²) in [5.74, 6) is 0.477. The van der Waals surface area contributed by atoms with Gasteiger partial charge in [0.1, 0.15) is 0 Å². The van der Waals surface area contributed by atoms with E-state index in [1.54, 1.807) is 4.31 Å². The van der Waals surface area contributed by atoms with E-state index >= 15 is 0 Å². The van der Waals surface area contributed by atoms with Crippen molar-refractivity contribution in [2.24, 2.45) is 5.92 Å². The maximum atomic E-state index is 12.2. The summed E-state index contributed by atoms with van der Waals surface area (Å²) in [5, 5.41) is 3.22. The molecule has 0 aromatic carbocycles. The van der Waals surface area contributed by atoms with Crippen LogP contribution in [0.5, 0.6) is 0 Å². The fourth-order valence-electron chi connectivity index (χ4n) is 2.60. The van der Waals surface area contributed by atoms with Gasteiger partial charge in [0.2, 0.25) is 0 Å². The summed E-state index contributed by atoms with van der Waals surface area (Å²) in [6.45, 7) is 5.20. The largest absolute Gasteiger partial charge is 0.315 e. The molecule has 0 aromatic heterocycles. The van der Waals surface area contributed by atoms with Crippen LogP contribution >= 0.6 is 12.4 Å². The van der Waals surface area contributed by atoms with Crippen LogP contribution in [0.15, 0.2) is 0 Å². The fourth-order valence-corrected chi connectivity index (χ4v) is 4.19. The maximum Gasteiger partial charge on any atom is 0.279 e. The Morgan fingerprint density at radius 3 is 2.67 bits per heavy atom. The Hall–Kier alpha value is 0.120. The molecule has 2 fully saturated rings. The van der Waals surface area contributed by atoms with Crippen LogP contribution in [-0.4, -0.2) is 44.9 Å². The molecule has 2 N–H and O–H groups in total. The normalized spacial score (nSPS) is 30.7. The Morgan fingerprint density at radius 1 is 1.28 bits per heavy atom. The summed E-state index contributed by atoms with van der Waals surface area (Å²) >= 11 is 0. The van der Waals surface area contributed by atoms with Gasteiger partial charge in [0, 0.05) is 25.7 Å². The monoisotopic (exact) mass is 297 g/mol. The second-order valence-electron chi connectivity index (χ2n) is 5.27. The molecule has 108 valence electrons. The molecule has 2 rings (SSSR count). The van der Waals surface area contributed by atoms with E-state index in [0.717, 1.165) is 38.8 Å². The average Bonchev–Trinajstić information content (AvgIpc) is 2.30. The van der Waals surface area contributed by atoms with E-state index in [0.29, 0.717) is 19.0 Å². The molecule has 5 nitrogen and oxygen atoms in total. The Labute approximate surface area is 116 Å². The highest BCUT2D eigenvalue weighted by Crippen LogP contribution is 2.18. The number of nitrogens with zero attached hydrogens (tertiary/aromatic N) is 1. The number of hydrogen-bond donors (Lipinski definition) is 2. The van der Waals surface area contributed by atoms with Crippen LogP contribution in [0.2, 0.25) is 0 Å². The number of halogens is 1. The van der Waals surface area contributed by atoms with Gasteiger partial charge in [0.15, 0.2) is 0 Å². The first-order valence-corrected chi connectivity index (χ1v) is 8.00. The second-order valence-corrected chi connectivity index (χ2v) is 6.97. The first-order chi connectivity index (χ1) is 8.08. The first-order valence-electron chi connectivity index (χ1n) is 6.56.